The van der Waals surface area contributed by atoms with E-state index in [0.29, 0.717) is 17.7 Å². The quantitative estimate of drug-likeness (QED) is 0.304. The molecule has 2 aliphatic heterocycles. The van der Waals surface area contributed by atoms with Gasteiger partial charge in [-0.1, -0.05) is 17.7 Å². The fraction of sp³-hybridized carbons (Fsp3) is 0.143. The molecule has 2 aromatic rings. The molecule has 0 bridgehead atoms. The first-order chi connectivity index (χ1) is 15.8. The number of hydrogen-bond donors (Lipinski definition) is 0. The summed E-state index contributed by atoms with van der Waals surface area (Å²) in [4.78, 5) is 33.4. The zero-order valence-electron chi connectivity index (χ0n) is 16.7. The van der Waals surface area contributed by atoms with Crippen molar-refractivity contribution in [1.82, 2.24) is 19.1 Å². The summed E-state index contributed by atoms with van der Waals surface area (Å²) >= 11 is 5.75. The molecule has 176 valence electrons. The lowest BCUT2D eigenvalue weighted by molar-refractivity contribution is -0.143. The van der Waals surface area contributed by atoms with Crippen LogP contribution in [-0.2, 0) is 18.9 Å². The van der Waals surface area contributed by atoms with E-state index in [2.05, 4.69) is 9.97 Å². The number of fused-ring (bicyclic) bond motifs is 1. The average molecular weight is 501 g/mol. The van der Waals surface area contributed by atoms with Gasteiger partial charge >= 0.3 is 18.0 Å². The molecule has 0 aliphatic carbocycles. The van der Waals surface area contributed by atoms with Crippen LogP contribution in [0.5, 0.6) is 0 Å². The van der Waals surface area contributed by atoms with Crippen molar-refractivity contribution in [3.8, 4) is 17.1 Å². The highest BCUT2D eigenvalue weighted by Crippen LogP contribution is 2.36. The number of nitrogens with zero attached hydrogens (tertiary/aromatic N) is 4. The third kappa shape index (κ3) is 4.53. The van der Waals surface area contributed by atoms with Crippen LogP contribution in [0.25, 0.3) is 17.1 Å². The van der Waals surface area contributed by atoms with Crippen LogP contribution in [0.4, 0.5) is 26.3 Å². The van der Waals surface area contributed by atoms with E-state index in [0.717, 1.165) is 0 Å². The Bertz CT molecular complexity index is 1430. The van der Waals surface area contributed by atoms with Gasteiger partial charge in [-0.2, -0.15) is 31.3 Å². The second-order valence-corrected chi connectivity index (χ2v) is 7.55. The van der Waals surface area contributed by atoms with Crippen LogP contribution in [0.3, 0.4) is 0 Å². The highest BCUT2D eigenvalue weighted by molar-refractivity contribution is 6.29. The Kier molecular flexibility index (Phi) is 5.72. The topological polar surface area (TPSA) is 69.8 Å². The monoisotopic (exact) mass is 500 g/mol. The highest BCUT2D eigenvalue weighted by Gasteiger charge is 2.37. The van der Waals surface area contributed by atoms with Gasteiger partial charge in [0.05, 0.1) is 28.9 Å². The number of aromatic nitrogens is 4. The maximum atomic E-state index is 13.2. The first kappa shape index (κ1) is 23.5. The van der Waals surface area contributed by atoms with E-state index in [9.17, 15) is 35.9 Å². The van der Waals surface area contributed by atoms with E-state index in [1.165, 1.54) is 35.2 Å². The van der Waals surface area contributed by atoms with Crippen LogP contribution in [0.1, 0.15) is 16.7 Å². The van der Waals surface area contributed by atoms with Crippen LogP contribution in [0.2, 0.25) is 5.15 Å². The van der Waals surface area contributed by atoms with Gasteiger partial charge in [-0.3, -0.25) is 4.79 Å². The molecular formula is C21H11ClF6N4O2. The molecule has 3 heterocycles. The lowest BCUT2D eigenvalue weighted by Gasteiger charge is -2.17. The number of benzene rings is 1. The minimum atomic E-state index is -5.15. The molecule has 0 fully saturated rings. The summed E-state index contributed by atoms with van der Waals surface area (Å²) in [5.41, 5.74) is -6.23. The Balaban J connectivity index is 1.92. The van der Waals surface area contributed by atoms with Crippen molar-refractivity contribution >= 4 is 11.6 Å². The van der Waals surface area contributed by atoms with Crippen LogP contribution in [0, 0.1) is 0 Å². The SMILES string of the molecule is O=c1nc2n(Cc3ccc(Cl)nc3)cccc-2c(=O)n1-c1cc(C(F)(F)F)cc(C(F)(F)F)c1. The van der Waals surface area contributed by atoms with Crippen LogP contribution in [0.15, 0.2) is 64.4 Å². The van der Waals surface area contributed by atoms with E-state index in [4.69, 9.17) is 11.6 Å². The summed E-state index contributed by atoms with van der Waals surface area (Å²) < 4.78 is 81.0. The number of halogens is 7. The minimum Gasteiger partial charge on any atom is -0.328 e. The van der Waals surface area contributed by atoms with Gasteiger partial charge < -0.3 is 4.57 Å². The Hall–Kier alpha value is -3.67. The van der Waals surface area contributed by atoms with Gasteiger partial charge in [0, 0.05) is 12.4 Å². The molecule has 6 nitrogen and oxygen atoms in total. The highest BCUT2D eigenvalue weighted by atomic mass is 35.5. The predicted octanol–water partition coefficient (Wildman–Crippen LogP) is 4.63. The minimum absolute atomic E-state index is 0.0956. The van der Waals surface area contributed by atoms with Crippen LogP contribution in [-0.4, -0.2) is 19.1 Å². The van der Waals surface area contributed by atoms with Crippen LogP contribution >= 0.6 is 11.6 Å². The van der Waals surface area contributed by atoms with Crippen molar-refractivity contribution in [3.63, 3.8) is 0 Å². The molecule has 0 radical (unpaired) electrons. The number of alkyl halides is 6. The molecule has 13 heteroatoms. The summed E-state index contributed by atoms with van der Waals surface area (Å²) in [5.74, 6) is -0.105. The maximum absolute atomic E-state index is 13.2. The molecule has 34 heavy (non-hydrogen) atoms. The van der Waals surface area contributed by atoms with Crippen molar-refractivity contribution in [2.24, 2.45) is 0 Å². The van der Waals surface area contributed by atoms with Gasteiger partial charge in [-0.05, 0) is 42.0 Å². The third-order valence-corrected chi connectivity index (χ3v) is 5.06. The first-order valence-corrected chi connectivity index (χ1v) is 9.75. The molecule has 4 rings (SSSR count). The largest absolute Gasteiger partial charge is 0.416 e. The summed E-state index contributed by atoms with van der Waals surface area (Å²) in [7, 11) is 0. The lowest BCUT2D eigenvalue weighted by Crippen LogP contribution is -2.37. The maximum Gasteiger partial charge on any atom is 0.416 e. The fourth-order valence-electron chi connectivity index (χ4n) is 3.30. The molecule has 0 unspecified atom stereocenters. The second-order valence-electron chi connectivity index (χ2n) is 7.16. The first-order valence-electron chi connectivity index (χ1n) is 9.37. The van der Waals surface area contributed by atoms with Crippen molar-refractivity contribution in [2.45, 2.75) is 18.9 Å². The average Bonchev–Trinajstić information content (AvgIpc) is 2.74. The van der Waals surface area contributed by atoms with Gasteiger partial charge in [0.2, 0.25) is 0 Å². The molecule has 0 saturated heterocycles. The Morgan fingerprint density at radius 2 is 1.56 bits per heavy atom. The van der Waals surface area contributed by atoms with Crippen molar-refractivity contribution in [2.75, 3.05) is 0 Å². The van der Waals surface area contributed by atoms with E-state index in [-0.39, 0.29) is 33.7 Å². The normalized spacial score (nSPS) is 12.3. The van der Waals surface area contributed by atoms with E-state index in [1.54, 1.807) is 6.07 Å². The molecule has 1 aromatic heterocycles. The standard InChI is InChI=1S/C21H11ClF6N4O2/c22-16-4-3-11(9-29-16)10-31-5-1-2-15-17(31)30-19(34)32(18(15)33)14-7-12(20(23,24)25)6-13(8-14)21(26,27)28/h1-9H,10H2. The molecular weight excluding hydrogens is 490 g/mol. The van der Waals surface area contributed by atoms with E-state index < -0.39 is 40.4 Å². The Labute approximate surface area is 191 Å². The van der Waals surface area contributed by atoms with Crippen molar-refractivity contribution < 1.29 is 26.3 Å². The van der Waals surface area contributed by atoms with Gasteiger partial charge in [-0.25, -0.2) is 14.3 Å². The Morgan fingerprint density at radius 1 is 0.912 bits per heavy atom. The molecule has 1 aromatic carbocycles. The van der Waals surface area contributed by atoms with E-state index in [1.807, 2.05) is 0 Å². The van der Waals surface area contributed by atoms with Gasteiger partial charge in [0.15, 0.2) is 5.82 Å². The number of pyridine rings is 2. The predicted molar refractivity (Wildman–Crippen MR) is 109 cm³/mol. The second kappa shape index (κ2) is 8.28. The smallest absolute Gasteiger partial charge is 0.328 e. The summed E-state index contributed by atoms with van der Waals surface area (Å²) in [6, 6.07) is 6.34. The summed E-state index contributed by atoms with van der Waals surface area (Å²) in [6.45, 7) is 0.110. The zero-order chi connectivity index (χ0) is 24.8. The molecule has 0 saturated carbocycles. The van der Waals surface area contributed by atoms with Gasteiger partial charge in [0.25, 0.3) is 5.56 Å². The van der Waals surface area contributed by atoms with Crippen LogP contribution < -0.4 is 11.2 Å². The Morgan fingerprint density at radius 3 is 2.12 bits per heavy atom. The zero-order valence-corrected chi connectivity index (χ0v) is 17.4. The molecule has 0 spiro atoms. The fourth-order valence-corrected chi connectivity index (χ4v) is 3.41. The van der Waals surface area contributed by atoms with Crippen molar-refractivity contribution in [3.05, 3.63) is 97.5 Å². The summed E-state index contributed by atoms with van der Waals surface area (Å²) in [5, 5.41) is 0.244. The third-order valence-electron chi connectivity index (χ3n) is 4.84. The molecule has 0 atom stereocenters. The van der Waals surface area contributed by atoms with Gasteiger partial charge in [-0.15, -0.1) is 0 Å². The molecule has 2 aliphatic rings. The van der Waals surface area contributed by atoms with E-state index >= 15 is 0 Å². The molecule has 0 N–H and O–H groups in total. The van der Waals surface area contributed by atoms with Crippen molar-refractivity contribution in [1.29, 1.82) is 0 Å². The number of rotatable bonds is 3. The lowest BCUT2D eigenvalue weighted by atomic mass is 10.1. The van der Waals surface area contributed by atoms with Gasteiger partial charge in [0.1, 0.15) is 5.15 Å². The number of hydrogen-bond acceptors (Lipinski definition) is 4. The molecule has 0 amide bonds. The summed E-state index contributed by atoms with van der Waals surface area (Å²) in [6.07, 6.45) is -7.35.